The molecule has 2 aromatic carbocycles. The third kappa shape index (κ3) is 4.78. The number of carbonyl (C=O) groups excluding carboxylic acids is 1. The molecule has 1 amide bonds. The van der Waals surface area contributed by atoms with Crippen molar-refractivity contribution in [2.75, 3.05) is 19.5 Å². The van der Waals surface area contributed by atoms with Crippen molar-refractivity contribution in [3.63, 3.8) is 0 Å². The van der Waals surface area contributed by atoms with Crippen LogP contribution < -0.4 is 25.6 Å². The van der Waals surface area contributed by atoms with E-state index in [0.717, 1.165) is 5.69 Å². The van der Waals surface area contributed by atoms with Crippen LogP contribution in [-0.4, -0.2) is 40.2 Å². The highest BCUT2D eigenvalue weighted by atomic mass is 35.5. The molecule has 3 rings (SSSR count). The second-order valence-corrected chi connectivity index (χ2v) is 6.79. The van der Waals surface area contributed by atoms with Gasteiger partial charge in [-0.05, 0) is 31.3 Å². The van der Waals surface area contributed by atoms with E-state index >= 15 is 0 Å². The third-order valence-corrected chi connectivity index (χ3v) is 4.50. The van der Waals surface area contributed by atoms with Crippen LogP contribution in [0.3, 0.4) is 0 Å². The number of aromatic nitrogens is 3. The summed E-state index contributed by atoms with van der Waals surface area (Å²) in [4.78, 5) is 13.9. The first-order chi connectivity index (χ1) is 14.4. The molecule has 0 spiro atoms. The Balaban J connectivity index is 1.66. The van der Waals surface area contributed by atoms with Crippen molar-refractivity contribution in [1.29, 1.82) is 0 Å². The average molecular weight is 447 g/mol. The Morgan fingerprint density at radius 3 is 2.43 bits per heavy atom. The molecule has 3 N–H and O–H groups in total. The van der Waals surface area contributed by atoms with Gasteiger partial charge in [0.05, 0.1) is 36.3 Å². The Labute approximate surface area is 183 Å². The van der Waals surface area contributed by atoms with Crippen molar-refractivity contribution in [1.82, 2.24) is 25.8 Å². The molecule has 0 aliphatic heterocycles. The van der Waals surface area contributed by atoms with Gasteiger partial charge in [-0.25, -0.2) is 0 Å². The zero-order chi connectivity index (χ0) is 21.7. The Morgan fingerprint density at radius 2 is 1.77 bits per heavy atom. The molecule has 0 radical (unpaired) electrons. The van der Waals surface area contributed by atoms with Gasteiger partial charge in [-0.1, -0.05) is 29.8 Å². The minimum absolute atomic E-state index is 0.124. The lowest BCUT2D eigenvalue weighted by Crippen LogP contribution is -2.44. The summed E-state index contributed by atoms with van der Waals surface area (Å²) in [5.74, 6) is 0.414. The quantitative estimate of drug-likeness (QED) is 0.406. The molecule has 1 aromatic heterocycles. The van der Waals surface area contributed by atoms with Gasteiger partial charge < -0.3 is 14.8 Å². The topological polar surface area (TPSA) is 102 Å². The number of amides is 1. The van der Waals surface area contributed by atoms with Gasteiger partial charge in [0.2, 0.25) is 0 Å². The minimum Gasteiger partial charge on any atom is -0.495 e. The Hall–Kier alpha value is -3.37. The summed E-state index contributed by atoms with van der Waals surface area (Å²) < 4.78 is 10.5. The Morgan fingerprint density at radius 1 is 1.07 bits per heavy atom. The van der Waals surface area contributed by atoms with Crippen molar-refractivity contribution in [3.05, 3.63) is 58.9 Å². The van der Waals surface area contributed by atoms with Gasteiger partial charge in [0.15, 0.2) is 10.8 Å². The fraction of sp³-hybridized carbons (Fsp3) is 0.158. The summed E-state index contributed by atoms with van der Waals surface area (Å²) in [7, 11) is 3.00. The van der Waals surface area contributed by atoms with Crippen molar-refractivity contribution >= 4 is 40.5 Å². The number of aryl methyl sites for hydroxylation is 1. The summed E-state index contributed by atoms with van der Waals surface area (Å²) in [5, 5.41) is 11.9. The average Bonchev–Trinajstić information content (AvgIpc) is 3.15. The van der Waals surface area contributed by atoms with E-state index in [0.29, 0.717) is 27.9 Å². The van der Waals surface area contributed by atoms with Crippen LogP contribution in [0.25, 0.3) is 5.69 Å². The molecule has 0 bridgehead atoms. The van der Waals surface area contributed by atoms with Crippen LogP contribution in [0.1, 0.15) is 16.2 Å². The molecular formula is C19H19ClN6O3S. The van der Waals surface area contributed by atoms with Crippen molar-refractivity contribution in [2.24, 2.45) is 0 Å². The summed E-state index contributed by atoms with van der Waals surface area (Å²) >= 11 is 11.3. The first-order valence-corrected chi connectivity index (χ1v) is 9.49. The maximum absolute atomic E-state index is 12.5. The van der Waals surface area contributed by atoms with E-state index in [-0.39, 0.29) is 10.8 Å². The zero-order valence-electron chi connectivity index (χ0n) is 16.4. The number of rotatable bonds is 5. The van der Waals surface area contributed by atoms with E-state index in [1.54, 1.807) is 19.1 Å². The summed E-state index contributed by atoms with van der Waals surface area (Å²) in [6.07, 6.45) is 0. The Kier molecular flexibility index (Phi) is 6.70. The van der Waals surface area contributed by atoms with E-state index in [1.165, 1.54) is 19.0 Å². The molecule has 156 valence electrons. The van der Waals surface area contributed by atoms with Crippen LogP contribution >= 0.6 is 23.8 Å². The molecule has 3 aromatic rings. The van der Waals surface area contributed by atoms with Gasteiger partial charge in [-0.2, -0.15) is 9.90 Å². The molecule has 11 heteroatoms. The van der Waals surface area contributed by atoms with Crippen molar-refractivity contribution < 1.29 is 14.3 Å². The van der Waals surface area contributed by atoms with Crippen LogP contribution in [0, 0.1) is 6.92 Å². The van der Waals surface area contributed by atoms with Crippen molar-refractivity contribution in [3.8, 4) is 17.2 Å². The maximum atomic E-state index is 12.5. The number of halogens is 1. The lowest BCUT2D eigenvalue weighted by molar-refractivity contribution is 0.0938. The minimum atomic E-state index is -0.487. The van der Waals surface area contributed by atoms with Crippen LogP contribution in [0.5, 0.6) is 11.5 Å². The predicted molar refractivity (Wildman–Crippen MR) is 117 cm³/mol. The molecule has 0 fully saturated rings. The number of methoxy groups -OCH3 is 2. The molecule has 1 heterocycles. The van der Waals surface area contributed by atoms with E-state index in [1.807, 2.05) is 30.3 Å². The van der Waals surface area contributed by atoms with E-state index in [4.69, 9.17) is 33.3 Å². The molecule has 0 saturated carbocycles. The van der Waals surface area contributed by atoms with Gasteiger partial charge in [0.25, 0.3) is 5.91 Å². The van der Waals surface area contributed by atoms with Crippen molar-refractivity contribution in [2.45, 2.75) is 6.92 Å². The van der Waals surface area contributed by atoms with Crippen LogP contribution in [-0.2, 0) is 0 Å². The van der Waals surface area contributed by atoms with Crippen LogP contribution in [0.2, 0.25) is 5.02 Å². The molecule has 0 saturated heterocycles. The second-order valence-electron chi connectivity index (χ2n) is 5.98. The first-order valence-electron chi connectivity index (χ1n) is 8.71. The maximum Gasteiger partial charge on any atom is 0.292 e. The number of hydrogen-bond acceptors (Lipinski definition) is 6. The van der Waals surface area contributed by atoms with Crippen LogP contribution in [0.15, 0.2) is 42.5 Å². The number of nitrogens with zero attached hydrogens (tertiary/aromatic N) is 3. The number of nitrogens with one attached hydrogen (secondary N) is 3. The first kappa shape index (κ1) is 21.3. The summed E-state index contributed by atoms with van der Waals surface area (Å²) in [5.41, 5.74) is 7.01. The Bertz CT molecular complexity index is 1070. The molecule has 9 nitrogen and oxygen atoms in total. The predicted octanol–water partition coefficient (Wildman–Crippen LogP) is 2.88. The van der Waals surface area contributed by atoms with E-state index in [9.17, 15) is 4.79 Å². The van der Waals surface area contributed by atoms with Crippen LogP contribution in [0.4, 0.5) is 5.69 Å². The molecule has 0 atom stereocenters. The lowest BCUT2D eigenvalue weighted by Gasteiger charge is -2.15. The number of para-hydroxylation sites is 1. The fourth-order valence-electron chi connectivity index (χ4n) is 2.55. The summed E-state index contributed by atoms with van der Waals surface area (Å²) in [6.45, 7) is 1.70. The normalized spacial score (nSPS) is 10.3. The van der Waals surface area contributed by atoms with Gasteiger partial charge >= 0.3 is 0 Å². The number of hydrogen-bond donors (Lipinski definition) is 3. The van der Waals surface area contributed by atoms with Gasteiger partial charge in [0.1, 0.15) is 11.5 Å². The number of ether oxygens (including phenoxy) is 2. The summed E-state index contributed by atoms with van der Waals surface area (Å²) in [6, 6.07) is 12.5. The highest BCUT2D eigenvalue weighted by molar-refractivity contribution is 7.80. The zero-order valence-corrected chi connectivity index (χ0v) is 18.0. The largest absolute Gasteiger partial charge is 0.495 e. The molecule has 0 aliphatic carbocycles. The lowest BCUT2D eigenvalue weighted by atomic mass is 10.2. The number of carbonyl (C=O) groups is 1. The second kappa shape index (κ2) is 9.42. The standard InChI is InChI=1S/C19H19ClN6O3S/c1-11-17(25-26(24-11)12-7-5-4-6-8-12)18(27)22-23-19(30)21-14-10-15(28-2)13(20)9-16(14)29-3/h4-10H,1-3H3,(H,22,27)(H2,21,23,30). The van der Waals surface area contributed by atoms with Gasteiger partial charge in [-0.3, -0.25) is 15.6 Å². The van der Waals surface area contributed by atoms with E-state index in [2.05, 4.69) is 26.4 Å². The number of hydrazine groups is 1. The fourth-order valence-corrected chi connectivity index (χ4v) is 2.94. The molecule has 30 heavy (non-hydrogen) atoms. The van der Waals surface area contributed by atoms with Gasteiger partial charge in [-0.15, -0.1) is 5.10 Å². The molecule has 0 unspecified atom stereocenters. The van der Waals surface area contributed by atoms with Gasteiger partial charge in [0, 0.05) is 12.1 Å². The third-order valence-electron chi connectivity index (χ3n) is 4.00. The smallest absolute Gasteiger partial charge is 0.292 e. The highest BCUT2D eigenvalue weighted by Gasteiger charge is 2.17. The monoisotopic (exact) mass is 446 g/mol. The molecular weight excluding hydrogens is 428 g/mol. The van der Waals surface area contributed by atoms with E-state index < -0.39 is 5.91 Å². The molecule has 0 aliphatic rings. The highest BCUT2D eigenvalue weighted by Crippen LogP contribution is 2.35. The number of anilines is 1. The number of thiocarbonyl (C=S) groups is 1. The number of benzene rings is 2. The SMILES string of the molecule is COc1cc(NC(=S)NNC(=O)c2nn(-c3ccccc3)nc2C)c(OC)cc1Cl.